The number of carbonyl (C=O) groups excluding carboxylic acids is 1. The molecule has 4 nitrogen and oxygen atoms in total. The van der Waals surface area contributed by atoms with Gasteiger partial charge >= 0.3 is 0 Å². The molecule has 2 N–H and O–H groups in total. The molecule has 142 valence electrons. The first kappa shape index (κ1) is 18.8. The third-order valence-electron chi connectivity index (χ3n) is 5.29. The summed E-state index contributed by atoms with van der Waals surface area (Å²) in [5.74, 6) is 0.0727. The minimum Gasteiger partial charge on any atom is -0.384 e. The maximum atomic E-state index is 13.3. The Hall–Kier alpha value is -2.55. The average molecular weight is 410 g/mol. The van der Waals surface area contributed by atoms with Crippen molar-refractivity contribution in [3.8, 4) is 6.07 Å². The van der Waals surface area contributed by atoms with Gasteiger partial charge in [0.05, 0.1) is 17.6 Å². The lowest BCUT2D eigenvalue weighted by molar-refractivity contribution is -0.118. The van der Waals surface area contributed by atoms with E-state index in [1.807, 2.05) is 34.5 Å². The van der Waals surface area contributed by atoms with E-state index in [1.165, 1.54) is 0 Å². The number of benzene rings is 1. The van der Waals surface area contributed by atoms with E-state index in [4.69, 9.17) is 17.3 Å². The highest BCUT2D eigenvalue weighted by Crippen LogP contribution is 2.50. The third kappa shape index (κ3) is 3.03. The summed E-state index contributed by atoms with van der Waals surface area (Å²) < 4.78 is 0. The monoisotopic (exact) mass is 409 g/mol. The maximum Gasteiger partial charge on any atom is 0.162 e. The van der Waals surface area contributed by atoms with E-state index in [2.05, 4.69) is 19.9 Å². The van der Waals surface area contributed by atoms with E-state index < -0.39 is 5.92 Å². The molecule has 1 aromatic heterocycles. The van der Waals surface area contributed by atoms with Crippen LogP contribution in [-0.2, 0) is 4.79 Å². The molecule has 0 bridgehead atoms. The van der Waals surface area contributed by atoms with E-state index in [1.54, 1.807) is 23.5 Å². The van der Waals surface area contributed by atoms with Crippen LogP contribution in [0.5, 0.6) is 0 Å². The second kappa shape index (κ2) is 6.80. The smallest absolute Gasteiger partial charge is 0.162 e. The van der Waals surface area contributed by atoms with Gasteiger partial charge in [0, 0.05) is 33.3 Å². The van der Waals surface area contributed by atoms with Crippen LogP contribution in [-0.4, -0.2) is 5.78 Å². The van der Waals surface area contributed by atoms with E-state index >= 15 is 0 Å². The first-order chi connectivity index (χ1) is 13.3. The van der Waals surface area contributed by atoms with Crippen LogP contribution in [0, 0.1) is 16.7 Å². The predicted octanol–water partition coefficient (Wildman–Crippen LogP) is 5.34. The number of carbonyl (C=O) groups is 1. The molecule has 2 aliphatic rings. The molecule has 0 spiro atoms. The molecule has 2 heterocycles. The number of nitrogens with zero attached hydrogens (tertiary/aromatic N) is 2. The van der Waals surface area contributed by atoms with Crippen molar-refractivity contribution in [2.24, 2.45) is 11.1 Å². The molecule has 1 aliphatic carbocycles. The van der Waals surface area contributed by atoms with E-state index in [-0.39, 0.29) is 11.2 Å². The number of hydrogen-bond donors (Lipinski definition) is 1. The Bertz CT molecular complexity index is 1040. The lowest BCUT2D eigenvalue weighted by atomic mass is 9.69. The molecule has 1 aromatic carbocycles. The van der Waals surface area contributed by atoms with Crippen LogP contribution >= 0.6 is 22.9 Å². The van der Waals surface area contributed by atoms with Gasteiger partial charge in [-0.3, -0.25) is 9.69 Å². The van der Waals surface area contributed by atoms with E-state index in [9.17, 15) is 10.1 Å². The Kier molecular flexibility index (Phi) is 4.57. The Labute approximate surface area is 173 Å². The van der Waals surface area contributed by atoms with Gasteiger partial charge < -0.3 is 5.73 Å². The summed E-state index contributed by atoms with van der Waals surface area (Å²) in [5, 5.41) is 12.5. The van der Waals surface area contributed by atoms with Crippen molar-refractivity contribution in [1.29, 1.82) is 5.26 Å². The number of allylic oxidation sites excluding steroid dienone is 3. The van der Waals surface area contributed by atoms with E-state index in [0.29, 0.717) is 34.8 Å². The van der Waals surface area contributed by atoms with Gasteiger partial charge in [-0.25, -0.2) is 0 Å². The van der Waals surface area contributed by atoms with E-state index in [0.717, 1.165) is 16.3 Å². The van der Waals surface area contributed by atoms with Crippen LogP contribution < -0.4 is 10.6 Å². The van der Waals surface area contributed by atoms with Crippen molar-refractivity contribution in [2.75, 3.05) is 4.90 Å². The molecule has 6 heteroatoms. The highest BCUT2D eigenvalue weighted by Gasteiger charge is 2.44. The molecule has 0 saturated heterocycles. The largest absolute Gasteiger partial charge is 0.384 e. The van der Waals surface area contributed by atoms with Crippen molar-refractivity contribution in [3.05, 3.63) is 74.3 Å². The molecule has 0 unspecified atom stereocenters. The first-order valence-corrected chi connectivity index (χ1v) is 10.3. The van der Waals surface area contributed by atoms with Gasteiger partial charge in [-0.2, -0.15) is 5.26 Å². The number of halogens is 1. The molecule has 1 aliphatic heterocycles. The number of Topliss-reactive ketones (excluding diaryl/α,β-unsaturated/α-hetero) is 1. The van der Waals surface area contributed by atoms with Crippen molar-refractivity contribution in [2.45, 2.75) is 32.6 Å². The summed E-state index contributed by atoms with van der Waals surface area (Å²) in [4.78, 5) is 16.1. The van der Waals surface area contributed by atoms with Gasteiger partial charge in [-0.05, 0) is 47.5 Å². The SMILES string of the molecule is CC1(C)CC(=O)C2=C(C1)N(c1ccc(Cl)cc1)C(N)=C(C#N)[C@@H]2c1cccs1. The Morgan fingerprint density at radius 2 is 1.96 bits per heavy atom. The topological polar surface area (TPSA) is 70.1 Å². The van der Waals surface area contributed by atoms with Crippen LogP contribution in [0.15, 0.2) is 64.4 Å². The molecule has 0 saturated carbocycles. The number of nitrogens with two attached hydrogens (primary N) is 1. The summed E-state index contributed by atoms with van der Waals surface area (Å²) >= 11 is 7.60. The molecule has 28 heavy (non-hydrogen) atoms. The molecule has 0 fully saturated rings. The van der Waals surface area contributed by atoms with Gasteiger partial charge in [-0.1, -0.05) is 31.5 Å². The lowest BCUT2D eigenvalue weighted by Gasteiger charge is -2.43. The number of rotatable bonds is 2. The van der Waals surface area contributed by atoms with Crippen LogP contribution in [0.1, 0.15) is 37.5 Å². The molecule has 0 amide bonds. The average Bonchev–Trinajstić information content (AvgIpc) is 3.15. The lowest BCUT2D eigenvalue weighted by Crippen LogP contribution is -2.42. The standard InChI is InChI=1S/C22H20ClN3OS/c1-22(2)10-16-20(17(27)11-22)19(18-4-3-9-28-18)15(12-24)21(25)26(16)14-7-5-13(23)6-8-14/h3-9,19H,10-11,25H2,1-2H3/t19-/m1/s1. The molecule has 1 atom stereocenters. The first-order valence-electron chi connectivity index (χ1n) is 9.07. The minimum absolute atomic E-state index is 0.0869. The van der Waals surface area contributed by atoms with Gasteiger partial charge in [0.1, 0.15) is 5.82 Å². The van der Waals surface area contributed by atoms with Crippen LogP contribution in [0.25, 0.3) is 0 Å². The Morgan fingerprint density at radius 3 is 2.57 bits per heavy atom. The van der Waals surface area contributed by atoms with Crippen LogP contribution in [0.3, 0.4) is 0 Å². The van der Waals surface area contributed by atoms with Gasteiger partial charge in [0.25, 0.3) is 0 Å². The van der Waals surface area contributed by atoms with Crippen molar-refractivity contribution in [1.82, 2.24) is 0 Å². The van der Waals surface area contributed by atoms with Crippen LogP contribution in [0.2, 0.25) is 5.02 Å². The summed E-state index contributed by atoms with van der Waals surface area (Å²) in [6.07, 6.45) is 1.17. The zero-order valence-electron chi connectivity index (χ0n) is 15.7. The zero-order valence-corrected chi connectivity index (χ0v) is 17.3. The fourth-order valence-corrected chi connectivity index (χ4v) is 5.10. The molecular weight excluding hydrogens is 390 g/mol. The molecule has 4 rings (SSSR count). The normalized spacial score (nSPS) is 21.6. The summed E-state index contributed by atoms with van der Waals surface area (Å²) in [6.45, 7) is 4.18. The number of anilines is 1. The Morgan fingerprint density at radius 1 is 1.25 bits per heavy atom. The molecule has 2 aromatic rings. The number of thiophene rings is 1. The highest BCUT2D eigenvalue weighted by atomic mass is 35.5. The third-order valence-corrected chi connectivity index (χ3v) is 6.48. The number of hydrogen-bond acceptors (Lipinski definition) is 5. The summed E-state index contributed by atoms with van der Waals surface area (Å²) in [5.41, 5.74) is 9.18. The van der Waals surface area contributed by atoms with Crippen molar-refractivity contribution < 1.29 is 4.79 Å². The number of nitriles is 1. The predicted molar refractivity (Wildman–Crippen MR) is 113 cm³/mol. The van der Waals surface area contributed by atoms with Crippen molar-refractivity contribution in [3.63, 3.8) is 0 Å². The second-order valence-corrected chi connectivity index (χ2v) is 9.39. The summed E-state index contributed by atoms with van der Waals surface area (Å²) in [7, 11) is 0. The van der Waals surface area contributed by atoms with Crippen molar-refractivity contribution >= 4 is 34.4 Å². The van der Waals surface area contributed by atoms with Gasteiger partial charge in [0.2, 0.25) is 0 Å². The molecular formula is C22H20ClN3OS. The minimum atomic E-state index is -0.396. The molecule has 0 radical (unpaired) electrons. The fraction of sp³-hybridized carbons (Fsp3) is 0.273. The second-order valence-electron chi connectivity index (χ2n) is 7.97. The maximum absolute atomic E-state index is 13.3. The Balaban J connectivity index is 1.99. The van der Waals surface area contributed by atoms with Gasteiger partial charge in [-0.15, -0.1) is 11.3 Å². The quantitative estimate of drug-likeness (QED) is 0.726. The van der Waals surface area contributed by atoms with Gasteiger partial charge in [0.15, 0.2) is 5.78 Å². The number of ketones is 1. The zero-order chi connectivity index (χ0) is 20.1. The van der Waals surface area contributed by atoms with Crippen LogP contribution in [0.4, 0.5) is 5.69 Å². The fourth-order valence-electron chi connectivity index (χ4n) is 4.13. The summed E-state index contributed by atoms with van der Waals surface area (Å²) in [6, 6.07) is 13.5. The highest BCUT2D eigenvalue weighted by molar-refractivity contribution is 7.10.